The molecule has 0 unspecified atom stereocenters. The van der Waals surface area contributed by atoms with E-state index < -0.39 is 18.6 Å². The van der Waals surface area contributed by atoms with E-state index >= 15 is 0 Å². The van der Waals surface area contributed by atoms with Crippen molar-refractivity contribution in [1.82, 2.24) is 4.90 Å². The Kier molecular flexibility index (Phi) is 5.24. The number of benzene rings is 1. The number of hydrogen-bond acceptors (Lipinski definition) is 5. The van der Waals surface area contributed by atoms with E-state index in [-0.39, 0.29) is 13.2 Å². The Hall–Kier alpha value is -2.70. The Bertz CT molecular complexity index is 571. The van der Waals surface area contributed by atoms with Crippen LogP contribution in [0.15, 0.2) is 30.9 Å². The van der Waals surface area contributed by atoms with Crippen LogP contribution < -0.4 is 9.47 Å². The van der Waals surface area contributed by atoms with E-state index in [1.54, 1.807) is 18.2 Å². The van der Waals surface area contributed by atoms with Crippen molar-refractivity contribution in [2.75, 3.05) is 26.4 Å². The van der Waals surface area contributed by atoms with Crippen LogP contribution in [-0.4, -0.2) is 48.4 Å². The summed E-state index contributed by atoms with van der Waals surface area (Å²) in [7, 11) is 0. The molecular formula is C15H17NO6. The SMILES string of the molecule is C=CCOC(=O)N(CC(=O)O)Cc1ccc2c(c1)OCCO2. The first-order valence-electron chi connectivity index (χ1n) is 6.73. The lowest BCUT2D eigenvalue weighted by atomic mass is 10.2. The summed E-state index contributed by atoms with van der Waals surface area (Å²) in [5.74, 6) is 0.0978. The quantitative estimate of drug-likeness (QED) is 0.805. The van der Waals surface area contributed by atoms with Gasteiger partial charge in [-0.1, -0.05) is 18.7 Å². The van der Waals surface area contributed by atoms with Gasteiger partial charge in [-0.2, -0.15) is 0 Å². The van der Waals surface area contributed by atoms with E-state index in [1.807, 2.05) is 0 Å². The normalized spacial score (nSPS) is 12.4. The molecule has 1 heterocycles. The first kappa shape index (κ1) is 15.7. The highest BCUT2D eigenvalue weighted by Crippen LogP contribution is 2.31. The number of nitrogens with zero attached hydrogens (tertiary/aromatic N) is 1. The van der Waals surface area contributed by atoms with Gasteiger partial charge in [-0.15, -0.1) is 0 Å². The van der Waals surface area contributed by atoms with Gasteiger partial charge in [0.05, 0.1) is 0 Å². The van der Waals surface area contributed by atoms with Gasteiger partial charge >= 0.3 is 12.1 Å². The molecule has 0 fully saturated rings. The Balaban J connectivity index is 2.10. The fraction of sp³-hybridized carbons (Fsp3) is 0.333. The summed E-state index contributed by atoms with van der Waals surface area (Å²) in [4.78, 5) is 23.9. The Morgan fingerprint density at radius 1 is 1.32 bits per heavy atom. The highest BCUT2D eigenvalue weighted by Gasteiger charge is 2.20. The standard InChI is InChI=1S/C15H17NO6/c1-2-5-22-15(19)16(10-14(17)18)9-11-3-4-12-13(8-11)21-7-6-20-12/h2-4,8H,1,5-7,9-10H2,(H,17,18). The molecule has 0 spiro atoms. The van der Waals surface area contributed by atoms with E-state index in [2.05, 4.69) is 6.58 Å². The molecule has 0 bridgehead atoms. The third kappa shape index (κ3) is 4.15. The van der Waals surface area contributed by atoms with Crippen LogP contribution in [0, 0.1) is 0 Å². The molecule has 2 rings (SSSR count). The molecule has 0 aromatic heterocycles. The molecule has 1 N–H and O–H groups in total. The van der Waals surface area contributed by atoms with Crippen molar-refractivity contribution in [3.63, 3.8) is 0 Å². The van der Waals surface area contributed by atoms with Gasteiger partial charge < -0.3 is 19.3 Å². The fourth-order valence-corrected chi connectivity index (χ4v) is 1.98. The Labute approximate surface area is 127 Å². The summed E-state index contributed by atoms with van der Waals surface area (Å²) in [6.07, 6.45) is 0.707. The third-order valence-electron chi connectivity index (χ3n) is 2.89. The number of carboxylic acids is 1. The van der Waals surface area contributed by atoms with Crippen LogP contribution in [0.1, 0.15) is 5.56 Å². The van der Waals surface area contributed by atoms with Crippen LogP contribution in [0.5, 0.6) is 11.5 Å². The van der Waals surface area contributed by atoms with Crippen molar-refractivity contribution in [3.8, 4) is 11.5 Å². The minimum atomic E-state index is -1.12. The fourth-order valence-electron chi connectivity index (χ4n) is 1.98. The summed E-state index contributed by atoms with van der Waals surface area (Å²) in [5.41, 5.74) is 0.723. The van der Waals surface area contributed by atoms with E-state index in [1.165, 1.54) is 6.08 Å². The minimum absolute atomic E-state index is 0.0239. The van der Waals surface area contributed by atoms with Crippen LogP contribution >= 0.6 is 0 Å². The number of amides is 1. The van der Waals surface area contributed by atoms with Crippen molar-refractivity contribution in [2.45, 2.75) is 6.54 Å². The summed E-state index contributed by atoms with van der Waals surface area (Å²) in [6.45, 7) is 4.06. The number of hydrogen-bond donors (Lipinski definition) is 1. The first-order chi connectivity index (χ1) is 10.6. The van der Waals surface area contributed by atoms with Gasteiger partial charge in [0.2, 0.25) is 0 Å². The van der Waals surface area contributed by atoms with Gasteiger partial charge in [0.15, 0.2) is 11.5 Å². The number of carbonyl (C=O) groups excluding carboxylic acids is 1. The number of fused-ring (bicyclic) bond motifs is 1. The van der Waals surface area contributed by atoms with Crippen LogP contribution in [-0.2, 0) is 16.1 Å². The molecular weight excluding hydrogens is 290 g/mol. The predicted molar refractivity (Wildman–Crippen MR) is 77.0 cm³/mol. The molecule has 1 amide bonds. The summed E-state index contributed by atoms with van der Waals surface area (Å²) < 4.78 is 15.8. The zero-order chi connectivity index (χ0) is 15.9. The maximum atomic E-state index is 11.9. The van der Waals surface area contributed by atoms with Crippen molar-refractivity contribution < 1.29 is 28.9 Å². The summed E-state index contributed by atoms with van der Waals surface area (Å²) in [6, 6.07) is 5.21. The smallest absolute Gasteiger partial charge is 0.410 e. The van der Waals surface area contributed by atoms with Crippen LogP contribution in [0.2, 0.25) is 0 Å². The average molecular weight is 307 g/mol. The van der Waals surface area contributed by atoms with E-state index in [0.29, 0.717) is 24.7 Å². The summed E-state index contributed by atoms with van der Waals surface area (Å²) >= 11 is 0. The van der Waals surface area contributed by atoms with Gasteiger partial charge in [-0.05, 0) is 17.7 Å². The molecule has 7 heteroatoms. The maximum absolute atomic E-state index is 11.9. The molecule has 1 aromatic carbocycles. The number of rotatable bonds is 6. The molecule has 1 aromatic rings. The van der Waals surface area contributed by atoms with Crippen molar-refractivity contribution in [2.24, 2.45) is 0 Å². The van der Waals surface area contributed by atoms with E-state index in [0.717, 1.165) is 10.5 Å². The van der Waals surface area contributed by atoms with Crippen LogP contribution in [0.4, 0.5) is 4.79 Å². The van der Waals surface area contributed by atoms with Crippen molar-refractivity contribution in [3.05, 3.63) is 36.4 Å². The lowest BCUT2D eigenvalue weighted by molar-refractivity contribution is -0.138. The molecule has 1 aliphatic rings. The lowest BCUT2D eigenvalue weighted by Gasteiger charge is -2.22. The second-order valence-electron chi connectivity index (χ2n) is 4.59. The molecule has 0 radical (unpaired) electrons. The van der Waals surface area contributed by atoms with E-state index in [9.17, 15) is 9.59 Å². The zero-order valence-corrected chi connectivity index (χ0v) is 12.0. The summed E-state index contributed by atoms with van der Waals surface area (Å²) in [5, 5.41) is 8.91. The number of aliphatic carboxylic acids is 1. The van der Waals surface area contributed by atoms with Gasteiger partial charge in [-0.3, -0.25) is 9.69 Å². The minimum Gasteiger partial charge on any atom is -0.486 e. The topological polar surface area (TPSA) is 85.3 Å². The molecule has 1 aliphatic heterocycles. The van der Waals surface area contributed by atoms with Crippen LogP contribution in [0.25, 0.3) is 0 Å². The lowest BCUT2D eigenvalue weighted by Crippen LogP contribution is -2.35. The largest absolute Gasteiger partial charge is 0.486 e. The molecule has 118 valence electrons. The van der Waals surface area contributed by atoms with Gasteiger partial charge in [0.25, 0.3) is 0 Å². The Morgan fingerprint density at radius 2 is 2.05 bits per heavy atom. The highest BCUT2D eigenvalue weighted by molar-refractivity contribution is 5.76. The van der Waals surface area contributed by atoms with Gasteiger partial charge in [0, 0.05) is 6.54 Å². The van der Waals surface area contributed by atoms with E-state index in [4.69, 9.17) is 19.3 Å². The number of ether oxygens (including phenoxy) is 3. The van der Waals surface area contributed by atoms with Crippen LogP contribution in [0.3, 0.4) is 0 Å². The molecule has 0 aliphatic carbocycles. The van der Waals surface area contributed by atoms with Gasteiger partial charge in [0.1, 0.15) is 26.4 Å². The molecule has 0 saturated heterocycles. The average Bonchev–Trinajstić information content (AvgIpc) is 2.51. The third-order valence-corrected chi connectivity index (χ3v) is 2.89. The number of carbonyl (C=O) groups is 2. The monoisotopic (exact) mass is 307 g/mol. The second-order valence-corrected chi connectivity index (χ2v) is 4.59. The molecule has 0 atom stereocenters. The predicted octanol–water partition coefficient (Wildman–Crippen LogP) is 1.67. The second kappa shape index (κ2) is 7.35. The molecule has 22 heavy (non-hydrogen) atoms. The maximum Gasteiger partial charge on any atom is 0.410 e. The highest BCUT2D eigenvalue weighted by atomic mass is 16.6. The van der Waals surface area contributed by atoms with Crippen molar-refractivity contribution >= 4 is 12.1 Å². The molecule has 7 nitrogen and oxygen atoms in total. The van der Waals surface area contributed by atoms with Crippen molar-refractivity contribution in [1.29, 1.82) is 0 Å². The van der Waals surface area contributed by atoms with Gasteiger partial charge in [-0.25, -0.2) is 4.79 Å². The zero-order valence-electron chi connectivity index (χ0n) is 12.0. The first-order valence-corrected chi connectivity index (χ1v) is 6.73. The molecule has 0 saturated carbocycles. The Morgan fingerprint density at radius 3 is 2.73 bits per heavy atom. The number of carboxylic acid groups (broad SMARTS) is 1.